The van der Waals surface area contributed by atoms with Crippen LogP contribution >= 0.6 is 11.6 Å². The number of hydrogen-bond donors (Lipinski definition) is 0. The molecule has 2 rings (SSSR count). The standard InChI is InChI=1S/C13H9ClF2.C2H6/c1-8-5-6-12(15)10(7-8)9-3-2-4-11(14)13(9)16;1-2/h2-7H,1H3;1-2H3. The van der Waals surface area contributed by atoms with E-state index in [2.05, 4.69) is 0 Å². The van der Waals surface area contributed by atoms with Gasteiger partial charge in [0.25, 0.3) is 0 Å². The summed E-state index contributed by atoms with van der Waals surface area (Å²) in [6.45, 7) is 5.82. The van der Waals surface area contributed by atoms with Gasteiger partial charge >= 0.3 is 0 Å². The normalized spacial score (nSPS) is 9.67. The third-order valence-electron chi connectivity index (χ3n) is 2.36. The van der Waals surface area contributed by atoms with E-state index < -0.39 is 11.6 Å². The molecular weight excluding hydrogens is 254 g/mol. The van der Waals surface area contributed by atoms with Gasteiger partial charge in [-0.05, 0) is 25.1 Å². The van der Waals surface area contributed by atoms with Crippen LogP contribution in [0.5, 0.6) is 0 Å². The largest absolute Gasteiger partial charge is 0.206 e. The predicted octanol–water partition coefficient (Wildman–Crippen LogP) is 5.62. The van der Waals surface area contributed by atoms with Crippen LogP contribution in [0.2, 0.25) is 5.02 Å². The summed E-state index contributed by atoms with van der Waals surface area (Å²) in [7, 11) is 0. The molecule has 0 heterocycles. The highest BCUT2D eigenvalue weighted by molar-refractivity contribution is 6.31. The molecule has 0 nitrogen and oxygen atoms in total. The Morgan fingerprint density at radius 2 is 1.61 bits per heavy atom. The Kier molecular flexibility index (Phi) is 5.29. The monoisotopic (exact) mass is 268 g/mol. The van der Waals surface area contributed by atoms with E-state index in [0.717, 1.165) is 5.56 Å². The molecule has 0 spiro atoms. The quantitative estimate of drug-likeness (QED) is 0.630. The molecule has 0 unspecified atom stereocenters. The third-order valence-corrected chi connectivity index (χ3v) is 2.66. The molecule has 0 fully saturated rings. The van der Waals surface area contributed by atoms with Crippen molar-refractivity contribution in [2.45, 2.75) is 20.8 Å². The Bertz CT molecular complexity index is 536. The van der Waals surface area contributed by atoms with Gasteiger partial charge in [-0.1, -0.05) is 49.2 Å². The highest BCUT2D eigenvalue weighted by Gasteiger charge is 2.12. The summed E-state index contributed by atoms with van der Waals surface area (Å²) in [5, 5.41) is -0.00148. The average Bonchev–Trinajstić information content (AvgIpc) is 2.38. The van der Waals surface area contributed by atoms with Crippen LogP contribution in [-0.2, 0) is 0 Å². The van der Waals surface area contributed by atoms with Gasteiger partial charge in [0.2, 0.25) is 0 Å². The molecule has 0 aliphatic carbocycles. The topological polar surface area (TPSA) is 0 Å². The molecule has 18 heavy (non-hydrogen) atoms. The SMILES string of the molecule is CC.Cc1ccc(F)c(-c2cccc(Cl)c2F)c1. The van der Waals surface area contributed by atoms with Crippen molar-refractivity contribution < 1.29 is 8.78 Å². The molecule has 2 aromatic carbocycles. The molecule has 0 atom stereocenters. The summed E-state index contributed by atoms with van der Waals surface area (Å²) in [4.78, 5) is 0. The summed E-state index contributed by atoms with van der Waals surface area (Å²) >= 11 is 5.66. The number of hydrogen-bond acceptors (Lipinski definition) is 0. The number of rotatable bonds is 1. The van der Waals surface area contributed by atoms with Gasteiger partial charge in [-0.25, -0.2) is 8.78 Å². The van der Waals surface area contributed by atoms with Gasteiger partial charge in [-0.3, -0.25) is 0 Å². The Morgan fingerprint density at radius 1 is 0.944 bits per heavy atom. The van der Waals surface area contributed by atoms with Gasteiger partial charge in [0.05, 0.1) is 5.02 Å². The van der Waals surface area contributed by atoms with E-state index in [1.807, 2.05) is 20.8 Å². The lowest BCUT2D eigenvalue weighted by atomic mass is 10.0. The maximum atomic E-state index is 13.7. The molecule has 0 saturated heterocycles. The molecule has 0 aliphatic rings. The van der Waals surface area contributed by atoms with Crippen molar-refractivity contribution in [1.82, 2.24) is 0 Å². The second kappa shape index (κ2) is 6.50. The summed E-state index contributed by atoms with van der Waals surface area (Å²) in [5.74, 6) is -1.04. The first-order chi connectivity index (χ1) is 8.59. The van der Waals surface area contributed by atoms with Gasteiger partial charge in [0.1, 0.15) is 11.6 Å². The summed E-state index contributed by atoms with van der Waals surface area (Å²) in [5.41, 5.74) is 1.30. The van der Waals surface area contributed by atoms with Crippen molar-refractivity contribution in [2.24, 2.45) is 0 Å². The second-order valence-corrected chi connectivity index (χ2v) is 3.99. The zero-order chi connectivity index (χ0) is 13.7. The lowest BCUT2D eigenvalue weighted by molar-refractivity contribution is 0.616. The fraction of sp³-hybridized carbons (Fsp3) is 0.200. The highest BCUT2D eigenvalue weighted by Crippen LogP contribution is 2.29. The molecule has 96 valence electrons. The van der Waals surface area contributed by atoms with Gasteiger partial charge in [-0.2, -0.15) is 0 Å². The van der Waals surface area contributed by atoms with Gasteiger partial charge < -0.3 is 0 Å². The summed E-state index contributed by atoms with van der Waals surface area (Å²) in [6, 6.07) is 9.12. The van der Waals surface area contributed by atoms with Crippen molar-refractivity contribution in [3.63, 3.8) is 0 Å². The van der Waals surface area contributed by atoms with Crippen LogP contribution in [0.4, 0.5) is 8.78 Å². The maximum absolute atomic E-state index is 13.7. The average molecular weight is 269 g/mol. The molecule has 0 amide bonds. The smallest absolute Gasteiger partial charge is 0.149 e. The van der Waals surface area contributed by atoms with Crippen molar-refractivity contribution in [3.05, 3.63) is 58.6 Å². The Morgan fingerprint density at radius 3 is 2.28 bits per heavy atom. The molecule has 0 aromatic heterocycles. The lowest BCUT2D eigenvalue weighted by Crippen LogP contribution is -1.90. The van der Waals surface area contributed by atoms with E-state index >= 15 is 0 Å². The van der Waals surface area contributed by atoms with Crippen molar-refractivity contribution in [3.8, 4) is 11.1 Å². The van der Waals surface area contributed by atoms with Crippen LogP contribution in [0.3, 0.4) is 0 Å². The van der Waals surface area contributed by atoms with Crippen LogP contribution in [0, 0.1) is 18.6 Å². The molecule has 0 N–H and O–H groups in total. The Labute approximate surface area is 111 Å². The molecule has 0 saturated carbocycles. The number of halogens is 3. The fourth-order valence-electron chi connectivity index (χ4n) is 1.56. The van der Waals surface area contributed by atoms with Gasteiger partial charge in [0, 0.05) is 11.1 Å². The number of benzene rings is 2. The van der Waals surface area contributed by atoms with E-state index in [1.165, 1.54) is 18.2 Å². The minimum Gasteiger partial charge on any atom is -0.206 e. The number of aryl methyl sites for hydroxylation is 1. The fourth-order valence-corrected chi connectivity index (χ4v) is 1.73. The third kappa shape index (κ3) is 3.08. The van der Waals surface area contributed by atoms with Crippen molar-refractivity contribution in [1.29, 1.82) is 0 Å². The zero-order valence-corrected chi connectivity index (χ0v) is 11.4. The van der Waals surface area contributed by atoms with Crippen LogP contribution in [-0.4, -0.2) is 0 Å². The first-order valence-electron chi connectivity index (χ1n) is 5.80. The summed E-state index contributed by atoms with van der Waals surface area (Å²) < 4.78 is 27.3. The highest BCUT2D eigenvalue weighted by atomic mass is 35.5. The lowest BCUT2D eigenvalue weighted by Gasteiger charge is -2.07. The minimum atomic E-state index is -0.589. The van der Waals surface area contributed by atoms with E-state index in [-0.39, 0.29) is 16.1 Å². The molecular formula is C15H15ClF2. The van der Waals surface area contributed by atoms with Crippen LogP contribution in [0.25, 0.3) is 11.1 Å². The second-order valence-electron chi connectivity index (χ2n) is 3.58. The molecule has 3 heteroatoms. The maximum Gasteiger partial charge on any atom is 0.149 e. The van der Waals surface area contributed by atoms with E-state index in [4.69, 9.17) is 11.6 Å². The van der Waals surface area contributed by atoms with Gasteiger partial charge in [-0.15, -0.1) is 0 Å². The van der Waals surface area contributed by atoms with Crippen LogP contribution in [0.15, 0.2) is 36.4 Å². The molecule has 0 radical (unpaired) electrons. The first-order valence-corrected chi connectivity index (χ1v) is 6.18. The Hall–Kier alpha value is -1.41. The summed E-state index contributed by atoms with van der Waals surface area (Å²) in [6.07, 6.45) is 0. The van der Waals surface area contributed by atoms with Gasteiger partial charge in [0.15, 0.2) is 0 Å². The molecule has 0 aliphatic heterocycles. The Balaban J connectivity index is 0.000000771. The van der Waals surface area contributed by atoms with E-state index in [9.17, 15) is 8.78 Å². The first kappa shape index (κ1) is 14.7. The molecule has 0 bridgehead atoms. The van der Waals surface area contributed by atoms with E-state index in [1.54, 1.807) is 18.2 Å². The minimum absolute atomic E-state index is 0.00148. The van der Waals surface area contributed by atoms with Crippen LogP contribution in [0.1, 0.15) is 19.4 Å². The van der Waals surface area contributed by atoms with E-state index in [0.29, 0.717) is 0 Å². The zero-order valence-electron chi connectivity index (χ0n) is 10.6. The predicted molar refractivity (Wildman–Crippen MR) is 72.9 cm³/mol. The van der Waals surface area contributed by atoms with Crippen molar-refractivity contribution >= 4 is 11.6 Å². The van der Waals surface area contributed by atoms with Crippen LogP contribution < -0.4 is 0 Å². The van der Waals surface area contributed by atoms with Crippen molar-refractivity contribution in [2.75, 3.05) is 0 Å². The molecule has 2 aromatic rings.